The maximum absolute atomic E-state index is 11.6. The van der Waals surface area contributed by atoms with Crippen molar-refractivity contribution in [3.63, 3.8) is 0 Å². The maximum Gasteiger partial charge on any atom is 0.153 e. The van der Waals surface area contributed by atoms with Gasteiger partial charge in [0.1, 0.15) is 0 Å². The summed E-state index contributed by atoms with van der Waals surface area (Å²) in [5, 5.41) is 3.39. The molecule has 2 rings (SSSR count). The van der Waals surface area contributed by atoms with Crippen molar-refractivity contribution >= 4 is 9.84 Å². The Morgan fingerprint density at radius 3 is 2.52 bits per heavy atom. The molecule has 1 aliphatic rings. The Kier molecular flexibility index (Phi) is 5.79. The van der Waals surface area contributed by atoms with E-state index in [0.717, 1.165) is 26.1 Å². The molecule has 0 spiro atoms. The van der Waals surface area contributed by atoms with E-state index in [1.807, 2.05) is 6.92 Å². The molecule has 0 bridgehead atoms. The van der Waals surface area contributed by atoms with Gasteiger partial charge in [-0.1, -0.05) is 31.2 Å². The Balaban J connectivity index is 1.88. The molecule has 1 heterocycles. The first-order valence-electron chi connectivity index (χ1n) is 7.73. The van der Waals surface area contributed by atoms with Crippen molar-refractivity contribution in [2.24, 2.45) is 0 Å². The summed E-state index contributed by atoms with van der Waals surface area (Å²) in [4.78, 5) is 2.26. The van der Waals surface area contributed by atoms with Crippen molar-refractivity contribution in [1.82, 2.24) is 10.2 Å². The van der Waals surface area contributed by atoms with Gasteiger partial charge in [0.2, 0.25) is 0 Å². The van der Waals surface area contributed by atoms with Crippen molar-refractivity contribution in [2.45, 2.75) is 39.4 Å². The summed E-state index contributed by atoms with van der Waals surface area (Å²) in [5.74, 6) is 0.572. The lowest BCUT2D eigenvalue weighted by Crippen LogP contribution is -2.46. The van der Waals surface area contributed by atoms with Gasteiger partial charge in [-0.15, -0.1) is 0 Å². The highest BCUT2D eigenvalue weighted by Gasteiger charge is 2.27. The summed E-state index contributed by atoms with van der Waals surface area (Å²) >= 11 is 0. The van der Waals surface area contributed by atoms with Crippen LogP contribution in [0.25, 0.3) is 0 Å². The number of hydrogen-bond acceptors (Lipinski definition) is 4. The molecule has 21 heavy (non-hydrogen) atoms. The van der Waals surface area contributed by atoms with Crippen LogP contribution in [-0.2, 0) is 22.9 Å². The number of benzene rings is 1. The molecule has 1 atom stereocenters. The van der Waals surface area contributed by atoms with Crippen molar-refractivity contribution in [1.29, 1.82) is 0 Å². The number of sulfone groups is 1. The summed E-state index contributed by atoms with van der Waals surface area (Å²) in [6.07, 6.45) is 1.15. The van der Waals surface area contributed by atoms with E-state index >= 15 is 0 Å². The Hall–Kier alpha value is -0.910. The minimum Gasteiger partial charge on any atom is -0.313 e. The van der Waals surface area contributed by atoms with Crippen LogP contribution >= 0.6 is 0 Å². The second-order valence-corrected chi connectivity index (χ2v) is 8.16. The third-order valence-corrected chi connectivity index (χ3v) is 5.77. The Bertz CT molecular complexity index is 540. The first-order chi connectivity index (χ1) is 10.00. The highest BCUT2D eigenvalue weighted by molar-refractivity contribution is 7.91. The predicted molar refractivity (Wildman–Crippen MR) is 87.0 cm³/mol. The molecule has 1 aromatic carbocycles. The minimum atomic E-state index is -2.83. The molecule has 1 N–H and O–H groups in total. The quantitative estimate of drug-likeness (QED) is 0.814. The SMILES string of the molecule is CCCNCc1ccc(CN2CCS(=O)(=O)CC2C)cc1. The molecular formula is C16H26N2O2S. The van der Waals surface area contributed by atoms with Gasteiger partial charge < -0.3 is 5.32 Å². The van der Waals surface area contributed by atoms with Crippen LogP contribution in [-0.4, -0.2) is 44.0 Å². The topological polar surface area (TPSA) is 49.4 Å². The molecule has 0 aliphatic carbocycles. The van der Waals surface area contributed by atoms with Gasteiger partial charge in [0.05, 0.1) is 11.5 Å². The molecule has 118 valence electrons. The van der Waals surface area contributed by atoms with Gasteiger partial charge in [0.15, 0.2) is 9.84 Å². The lowest BCUT2D eigenvalue weighted by Gasteiger charge is -2.33. The van der Waals surface area contributed by atoms with Gasteiger partial charge in [0, 0.05) is 25.7 Å². The fraction of sp³-hybridized carbons (Fsp3) is 0.625. The van der Waals surface area contributed by atoms with Crippen molar-refractivity contribution < 1.29 is 8.42 Å². The molecule has 1 unspecified atom stereocenters. The highest BCUT2D eigenvalue weighted by Crippen LogP contribution is 2.15. The predicted octanol–water partition coefficient (Wildman–Crippen LogP) is 1.81. The standard InChI is InChI=1S/C16H26N2O2S/c1-3-8-17-11-15-4-6-16(7-5-15)12-18-9-10-21(19,20)13-14(18)2/h4-7,14,17H,3,8-13H2,1-2H3. The zero-order valence-electron chi connectivity index (χ0n) is 13.0. The Morgan fingerprint density at radius 1 is 1.24 bits per heavy atom. The lowest BCUT2D eigenvalue weighted by molar-refractivity contribution is 0.218. The normalized spacial score (nSPS) is 22.3. The monoisotopic (exact) mass is 310 g/mol. The highest BCUT2D eigenvalue weighted by atomic mass is 32.2. The van der Waals surface area contributed by atoms with Crippen molar-refractivity contribution in [2.75, 3.05) is 24.6 Å². The smallest absolute Gasteiger partial charge is 0.153 e. The average Bonchev–Trinajstić information content (AvgIpc) is 2.43. The Morgan fingerprint density at radius 2 is 1.90 bits per heavy atom. The number of rotatable bonds is 6. The molecule has 0 amide bonds. The zero-order valence-corrected chi connectivity index (χ0v) is 13.8. The number of nitrogens with one attached hydrogen (secondary N) is 1. The van der Waals surface area contributed by atoms with Crippen molar-refractivity contribution in [3.8, 4) is 0 Å². The maximum atomic E-state index is 11.6. The fourth-order valence-corrected chi connectivity index (χ4v) is 4.30. The third kappa shape index (κ3) is 5.09. The molecule has 1 aromatic rings. The fourth-order valence-electron chi connectivity index (χ4n) is 2.67. The third-order valence-electron chi connectivity index (χ3n) is 3.97. The van der Waals surface area contributed by atoms with Crippen LogP contribution in [0.5, 0.6) is 0 Å². The minimum absolute atomic E-state index is 0.106. The Labute approximate surface area is 128 Å². The van der Waals surface area contributed by atoms with E-state index in [1.54, 1.807) is 0 Å². The van der Waals surface area contributed by atoms with Crippen LogP contribution < -0.4 is 5.32 Å². The van der Waals surface area contributed by atoms with Crippen LogP contribution in [0.2, 0.25) is 0 Å². The molecule has 0 aromatic heterocycles. The van der Waals surface area contributed by atoms with Gasteiger partial charge in [-0.3, -0.25) is 4.90 Å². The summed E-state index contributed by atoms with van der Waals surface area (Å²) in [6.45, 7) is 7.59. The van der Waals surface area contributed by atoms with E-state index in [4.69, 9.17) is 0 Å². The lowest BCUT2D eigenvalue weighted by atomic mass is 10.1. The van der Waals surface area contributed by atoms with Crippen LogP contribution in [0.3, 0.4) is 0 Å². The van der Waals surface area contributed by atoms with E-state index in [2.05, 4.69) is 41.4 Å². The largest absolute Gasteiger partial charge is 0.313 e. The first-order valence-corrected chi connectivity index (χ1v) is 9.55. The van der Waals surface area contributed by atoms with Crippen molar-refractivity contribution in [3.05, 3.63) is 35.4 Å². The van der Waals surface area contributed by atoms with Gasteiger partial charge in [-0.2, -0.15) is 0 Å². The van der Waals surface area contributed by atoms with E-state index in [9.17, 15) is 8.42 Å². The molecule has 1 saturated heterocycles. The van der Waals surface area contributed by atoms with Crippen LogP contribution in [0, 0.1) is 0 Å². The number of nitrogens with zero attached hydrogens (tertiary/aromatic N) is 1. The van der Waals surface area contributed by atoms with E-state index in [1.165, 1.54) is 11.1 Å². The summed E-state index contributed by atoms with van der Waals surface area (Å²) in [6, 6.07) is 8.72. The average molecular weight is 310 g/mol. The van der Waals surface area contributed by atoms with Crippen LogP contribution in [0.15, 0.2) is 24.3 Å². The molecule has 0 saturated carbocycles. The van der Waals surface area contributed by atoms with Crippen LogP contribution in [0.4, 0.5) is 0 Å². The second-order valence-electron chi connectivity index (χ2n) is 5.93. The summed E-state index contributed by atoms with van der Waals surface area (Å²) < 4.78 is 23.2. The van der Waals surface area contributed by atoms with Gasteiger partial charge >= 0.3 is 0 Å². The van der Waals surface area contributed by atoms with E-state index in [-0.39, 0.29) is 17.5 Å². The molecule has 1 fully saturated rings. The molecule has 5 heteroatoms. The van der Waals surface area contributed by atoms with Gasteiger partial charge in [-0.25, -0.2) is 8.42 Å². The summed E-state index contributed by atoms with van der Waals surface area (Å²) in [5.41, 5.74) is 2.54. The molecule has 4 nitrogen and oxygen atoms in total. The zero-order chi connectivity index (χ0) is 15.3. The van der Waals surface area contributed by atoms with Gasteiger partial charge in [0.25, 0.3) is 0 Å². The second kappa shape index (κ2) is 7.38. The number of hydrogen-bond donors (Lipinski definition) is 1. The van der Waals surface area contributed by atoms with E-state index < -0.39 is 9.84 Å². The van der Waals surface area contributed by atoms with Gasteiger partial charge in [-0.05, 0) is 31.0 Å². The van der Waals surface area contributed by atoms with E-state index in [0.29, 0.717) is 6.54 Å². The molecule has 0 radical (unpaired) electrons. The first kappa shape index (κ1) is 16.5. The molecular weight excluding hydrogens is 284 g/mol. The summed E-state index contributed by atoms with van der Waals surface area (Å²) in [7, 11) is -2.83. The molecule has 1 aliphatic heterocycles. The van der Waals surface area contributed by atoms with Crippen LogP contribution in [0.1, 0.15) is 31.4 Å².